The van der Waals surface area contributed by atoms with Crippen molar-refractivity contribution in [1.29, 1.82) is 0 Å². The molecule has 0 saturated carbocycles. The Balaban J connectivity index is 2.92. The number of nitrogens with one attached hydrogen (secondary N) is 1. The first-order valence-electron chi connectivity index (χ1n) is 6.50. The SMILES string of the molecule is COc1ccc(NC(=O)C(=O)N(CCN)C(C)=O)c(OC)c1. The van der Waals surface area contributed by atoms with E-state index in [0.717, 1.165) is 4.90 Å². The average Bonchev–Trinajstić information content (AvgIpc) is 2.51. The Kier molecular flexibility index (Phi) is 6.33. The van der Waals surface area contributed by atoms with Crippen LogP contribution in [0, 0.1) is 0 Å². The van der Waals surface area contributed by atoms with E-state index in [0.29, 0.717) is 11.5 Å². The minimum atomic E-state index is -0.976. The summed E-state index contributed by atoms with van der Waals surface area (Å²) in [7, 11) is 2.91. The lowest BCUT2D eigenvalue weighted by Gasteiger charge is -2.18. The minimum absolute atomic E-state index is 0.0265. The summed E-state index contributed by atoms with van der Waals surface area (Å²) in [6.45, 7) is 1.24. The normalized spacial score (nSPS) is 9.82. The van der Waals surface area contributed by atoms with Gasteiger partial charge in [-0.05, 0) is 12.1 Å². The van der Waals surface area contributed by atoms with Gasteiger partial charge in [0.15, 0.2) is 0 Å². The van der Waals surface area contributed by atoms with Crippen LogP contribution in [0.15, 0.2) is 18.2 Å². The number of hydrogen-bond acceptors (Lipinski definition) is 6. The van der Waals surface area contributed by atoms with Gasteiger partial charge in [-0.25, -0.2) is 0 Å². The largest absolute Gasteiger partial charge is 0.497 e. The quantitative estimate of drug-likeness (QED) is 0.739. The van der Waals surface area contributed by atoms with E-state index >= 15 is 0 Å². The topological polar surface area (TPSA) is 111 Å². The minimum Gasteiger partial charge on any atom is -0.497 e. The number of ether oxygens (including phenoxy) is 2. The highest BCUT2D eigenvalue weighted by Crippen LogP contribution is 2.28. The van der Waals surface area contributed by atoms with Crippen molar-refractivity contribution < 1.29 is 23.9 Å². The molecular weight excluding hydrogens is 290 g/mol. The van der Waals surface area contributed by atoms with E-state index in [9.17, 15) is 14.4 Å². The fraction of sp³-hybridized carbons (Fsp3) is 0.357. The number of carbonyl (C=O) groups excluding carboxylic acids is 3. The fourth-order valence-corrected chi connectivity index (χ4v) is 1.73. The summed E-state index contributed by atoms with van der Waals surface area (Å²) in [5, 5.41) is 2.40. The Bertz CT molecular complexity index is 574. The van der Waals surface area contributed by atoms with Crippen molar-refractivity contribution >= 4 is 23.4 Å². The summed E-state index contributed by atoms with van der Waals surface area (Å²) in [6, 6.07) is 4.69. The molecule has 0 fully saturated rings. The second-order valence-electron chi connectivity index (χ2n) is 4.28. The number of nitrogens with zero attached hydrogens (tertiary/aromatic N) is 1. The van der Waals surface area contributed by atoms with Crippen molar-refractivity contribution in [3.63, 3.8) is 0 Å². The van der Waals surface area contributed by atoms with Gasteiger partial charge in [0.1, 0.15) is 11.5 Å². The Labute approximate surface area is 128 Å². The summed E-state index contributed by atoms with van der Waals surface area (Å²) in [5.41, 5.74) is 5.61. The number of benzene rings is 1. The molecule has 0 aliphatic carbocycles. The lowest BCUT2D eigenvalue weighted by molar-refractivity contribution is -0.149. The third-order valence-corrected chi connectivity index (χ3v) is 2.83. The highest BCUT2D eigenvalue weighted by Gasteiger charge is 2.25. The van der Waals surface area contributed by atoms with Gasteiger partial charge in [-0.2, -0.15) is 0 Å². The molecule has 0 radical (unpaired) electrons. The number of carbonyl (C=O) groups is 3. The van der Waals surface area contributed by atoms with E-state index in [-0.39, 0.29) is 18.8 Å². The summed E-state index contributed by atoms with van der Waals surface area (Å²) >= 11 is 0. The number of rotatable bonds is 5. The molecule has 0 saturated heterocycles. The van der Waals surface area contributed by atoms with Crippen molar-refractivity contribution in [1.82, 2.24) is 4.90 Å². The van der Waals surface area contributed by atoms with Gasteiger partial charge in [0.05, 0.1) is 19.9 Å². The standard InChI is InChI=1S/C14H19N3O5/c1-9(18)17(7-6-15)14(20)13(19)16-11-5-4-10(21-2)8-12(11)22-3/h4-5,8H,6-7,15H2,1-3H3,(H,16,19). The zero-order valence-corrected chi connectivity index (χ0v) is 12.7. The molecule has 8 heteroatoms. The molecule has 1 aromatic carbocycles. The first-order chi connectivity index (χ1) is 10.4. The van der Waals surface area contributed by atoms with Crippen LogP contribution < -0.4 is 20.5 Å². The van der Waals surface area contributed by atoms with Crippen LogP contribution in [0.25, 0.3) is 0 Å². The van der Waals surface area contributed by atoms with E-state index < -0.39 is 17.7 Å². The molecule has 1 rings (SSSR count). The molecule has 0 spiro atoms. The van der Waals surface area contributed by atoms with Crippen LogP contribution in [0.1, 0.15) is 6.92 Å². The van der Waals surface area contributed by atoms with Crippen LogP contribution >= 0.6 is 0 Å². The average molecular weight is 309 g/mol. The van der Waals surface area contributed by atoms with Crippen LogP contribution in [0.5, 0.6) is 11.5 Å². The van der Waals surface area contributed by atoms with Crippen molar-refractivity contribution in [2.45, 2.75) is 6.92 Å². The Morgan fingerprint density at radius 1 is 1.23 bits per heavy atom. The van der Waals surface area contributed by atoms with E-state index in [1.165, 1.54) is 27.2 Å². The summed E-state index contributed by atoms with van der Waals surface area (Å²) in [5.74, 6) is -1.61. The van der Waals surface area contributed by atoms with Gasteiger partial charge in [0.2, 0.25) is 5.91 Å². The monoisotopic (exact) mass is 309 g/mol. The zero-order valence-electron chi connectivity index (χ0n) is 12.7. The highest BCUT2D eigenvalue weighted by atomic mass is 16.5. The molecule has 0 aromatic heterocycles. The van der Waals surface area contributed by atoms with Gasteiger partial charge < -0.3 is 20.5 Å². The van der Waals surface area contributed by atoms with E-state index in [2.05, 4.69) is 5.32 Å². The van der Waals surface area contributed by atoms with Crippen LogP contribution in [0.2, 0.25) is 0 Å². The third-order valence-electron chi connectivity index (χ3n) is 2.83. The van der Waals surface area contributed by atoms with E-state index in [4.69, 9.17) is 15.2 Å². The van der Waals surface area contributed by atoms with Crippen molar-refractivity contribution in [2.75, 3.05) is 32.6 Å². The molecule has 0 bridgehead atoms. The van der Waals surface area contributed by atoms with Gasteiger partial charge >= 0.3 is 11.8 Å². The molecule has 120 valence electrons. The molecule has 0 aliphatic rings. The predicted octanol–water partition coefficient (Wildman–Crippen LogP) is -0.0239. The van der Waals surface area contributed by atoms with Gasteiger partial charge in [-0.15, -0.1) is 0 Å². The molecule has 0 aliphatic heterocycles. The molecular formula is C14H19N3O5. The number of nitrogens with two attached hydrogens (primary N) is 1. The Hall–Kier alpha value is -2.61. The third kappa shape index (κ3) is 4.19. The van der Waals surface area contributed by atoms with E-state index in [1.54, 1.807) is 12.1 Å². The number of hydrogen-bond donors (Lipinski definition) is 2. The van der Waals surface area contributed by atoms with Gasteiger partial charge in [0, 0.05) is 26.1 Å². The molecule has 3 amide bonds. The Morgan fingerprint density at radius 2 is 1.91 bits per heavy atom. The molecule has 1 aromatic rings. The van der Waals surface area contributed by atoms with Crippen LogP contribution in [-0.4, -0.2) is 49.9 Å². The maximum Gasteiger partial charge on any atom is 0.318 e. The molecule has 0 heterocycles. The molecule has 0 unspecified atom stereocenters. The second kappa shape index (κ2) is 7.99. The zero-order chi connectivity index (χ0) is 16.7. The number of methoxy groups -OCH3 is 2. The van der Waals surface area contributed by atoms with Crippen molar-refractivity contribution in [3.05, 3.63) is 18.2 Å². The molecule has 22 heavy (non-hydrogen) atoms. The molecule has 3 N–H and O–H groups in total. The lowest BCUT2D eigenvalue weighted by atomic mass is 10.2. The fourth-order valence-electron chi connectivity index (χ4n) is 1.73. The molecule has 8 nitrogen and oxygen atoms in total. The highest BCUT2D eigenvalue weighted by molar-refractivity contribution is 6.41. The van der Waals surface area contributed by atoms with Crippen LogP contribution in [0.3, 0.4) is 0 Å². The summed E-state index contributed by atoms with van der Waals surface area (Å²) in [4.78, 5) is 36.1. The van der Waals surface area contributed by atoms with Gasteiger partial charge in [0.25, 0.3) is 0 Å². The molecule has 0 atom stereocenters. The first kappa shape index (κ1) is 17.4. The maximum absolute atomic E-state index is 12.0. The second-order valence-corrected chi connectivity index (χ2v) is 4.28. The number of imide groups is 1. The lowest BCUT2D eigenvalue weighted by Crippen LogP contribution is -2.44. The first-order valence-corrected chi connectivity index (χ1v) is 6.50. The van der Waals surface area contributed by atoms with E-state index in [1.807, 2.05) is 0 Å². The van der Waals surface area contributed by atoms with Crippen LogP contribution in [-0.2, 0) is 14.4 Å². The Morgan fingerprint density at radius 3 is 2.41 bits per heavy atom. The number of anilines is 1. The summed E-state index contributed by atoms with van der Waals surface area (Å²) in [6.07, 6.45) is 0. The predicted molar refractivity (Wildman–Crippen MR) is 79.6 cm³/mol. The smallest absolute Gasteiger partial charge is 0.318 e. The van der Waals surface area contributed by atoms with Gasteiger partial charge in [-0.1, -0.05) is 0 Å². The maximum atomic E-state index is 12.0. The van der Waals surface area contributed by atoms with Crippen molar-refractivity contribution in [2.24, 2.45) is 5.73 Å². The van der Waals surface area contributed by atoms with Gasteiger partial charge in [-0.3, -0.25) is 19.3 Å². The summed E-state index contributed by atoms with van der Waals surface area (Å²) < 4.78 is 10.2. The number of amides is 3. The van der Waals surface area contributed by atoms with Crippen molar-refractivity contribution in [3.8, 4) is 11.5 Å². The van der Waals surface area contributed by atoms with Crippen LogP contribution in [0.4, 0.5) is 5.69 Å².